The molecule has 1 fully saturated rings. The van der Waals surface area contributed by atoms with Gasteiger partial charge in [0.15, 0.2) is 0 Å². The highest BCUT2D eigenvalue weighted by Crippen LogP contribution is 2.40. The molecule has 0 saturated carbocycles. The fraction of sp³-hybridized carbons (Fsp3) is 0.435. The van der Waals surface area contributed by atoms with Crippen molar-refractivity contribution in [1.82, 2.24) is 15.1 Å². The molecular weight excluding hydrogens is 430 g/mol. The summed E-state index contributed by atoms with van der Waals surface area (Å²) in [6.45, 7) is 4.67. The molecule has 1 aromatic carbocycles. The average Bonchev–Trinajstić information content (AvgIpc) is 3.45. The molecule has 3 heterocycles. The zero-order chi connectivity index (χ0) is 21.2. The van der Waals surface area contributed by atoms with E-state index in [1.54, 1.807) is 11.3 Å². The summed E-state index contributed by atoms with van der Waals surface area (Å²) in [7, 11) is 0. The van der Waals surface area contributed by atoms with E-state index in [0.29, 0.717) is 37.4 Å². The number of hydrogen-bond donors (Lipinski definition) is 0. The van der Waals surface area contributed by atoms with Crippen LogP contribution in [0.3, 0.4) is 0 Å². The molecule has 0 spiro atoms. The smallest absolute Gasteiger partial charge is 0.278 e. The lowest BCUT2D eigenvalue weighted by atomic mass is 9.90. The van der Waals surface area contributed by atoms with E-state index in [0.717, 1.165) is 29.2 Å². The quantitative estimate of drug-likeness (QED) is 0.523. The lowest BCUT2D eigenvalue weighted by molar-refractivity contribution is -0.134. The molecule has 2 aliphatic rings. The molecule has 0 bridgehead atoms. The minimum atomic E-state index is -0.426. The number of morpholine rings is 1. The molecule has 1 aliphatic carbocycles. The van der Waals surface area contributed by atoms with Gasteiger partial charge in [-0.05, 0) is 54.1 Å². The number of fused-ring (bicyclic) bond motifs is 1. The van der Waals surface area contributed by atoms with Crippen LogP contribution in [0.15, 0.2) is 46.0 Å². The number of hydrogen-bond acceptors (Lipinski definition) is 7. The Labute approximate surface area is 190 Å². The van der Waals surface area contributed by atoms with Crippen LogP contribution in [-0.2, 0) is 22.4 Å². The number of rotatable bonds is 5. The lowest BCUT2D eigenvalue weighted by Gasteiger charge is -2.29. The molecule has 2 aromatic heterocycles. The largest absolute Gasteiger partial charge is 0.410 e. The first-order valence-electron chi connectivity index (χ1n) is 10.7. The van der Waals surface area contributed by atoms with E-state index < -0.39 is 5.25 Å². The Kier molecular flexibility index (Phi) is 6.11. The first-order chi connectivity index (χ1) is 15.2. The number of carbonyl (C=O) groups excluding carboxylic acids is 1. The summed E-state index contributed by atoms with van der Waals surface area (Å²) in [5.74, 6) is 1.32. The summed E-state index contributed by atoms with van der Waals surface area (Å²) in [6, 6.07) is 12.0. The third-order valence-electron chi connectivity index (χ3n) is 5.81. The van der Waals surface area contributed by atoms with E-state index in [1.807, 2.05) is 35.2 Å². The van der Waals surface area contributed by atoms with Crippen molar-refractivity contribution in [3.63, 3.8) is 0 Å². The van der Waals surface area contributed by atoms with Crippen LogP contribution in [0.2, 0.25) is 0 Å². The second-order valence-electron chi connectivity index (χ2n) is 8.13. The summed E-state index contributed by atoms with van der Waals surface area (Å²) in [6.07, 6.45) is 3.48. The standard InChI is InChI=1S/C23H25N3O3S2/c1-15-7-8-18-17(13-15)14-19(30-18)21-24-25-23(29-21)31-20(16-5-3-2-4-6-16)22(27)26-9-11-28-12-10-26/h2-6,14-15,20H,7-13H2,1H3/t15-,20+/m1/s1. The van der Waals surface area contributed by atoms with Gasteiger partial charge in [-0.3, -0.25) is 4.79 Å². The molecule has 5 rings (SSSR count). The molecule has 0 radical (unpaired) electrons. The first-order valence-corrected chi connectivity index (χ1v) is 12.4. The molecule has 162 valence electrons. The Hall–Kier alpha value is -2.16. The number of nitrogens with zero attached hydrogens (tertiary/aromatic N) is 3. The number of carbonyl (C=O) groups is 1. The predicted molar refractivity (Wildman–Crippen MR) is 121 cm³/mol. The van der Waals surface area contributed by atoms with E-state index >= 15 is 0 Å². The summed E-state index contributed by atoms with van der Waals surface area (Å²) in [5.41, 5.74) is 2.35. The van der Waals surface area contributed by atoms with Crippen LogP contribution in [0.25, 0.3) is 10.8 Å². The fourth-order valence-corrected chi connectivity index (χ4v) is 6.20. The van der Waals surface area contributed by atoms with Crippen LogP contribution in [-0.4, -0.2) is 47.3 Å². The number of thioether (sulfide) groups is 1. The zero-order valence-corrected chi connectivity index (χ0v) is 19.1. The van der Waals surface area contributed by atoms with Gasteiger partial charge in [0.2, 0.25) is 5.91 Å². The third kappa shape index (κ3) is 4.56. The van der Waals surface area contributed by atoms with Crippen molar-refractivity contribution in [3.05, 3.63) is 52.4 Å². The monoisotopic (exact) mass is 455 g/mol. The third-order valence-corrected chi connectivity index (χ3v) is 8.12. The topological polar surface area (TPSA) is 68.5 Å². The van der Waals surface area contributed by atoms with Crippen molar-refractivity contribution < 1.29 is 13.9 Å². The molecule has 8 heteroatoms. The number of thiophene rings is 1. The second-order valence-corrected chi connectivity index (χ2v) is 10.3. The Balaban J connectivity index is 1.37. The summed E-state index contributed by atoms with van der Waals surface area (Å²) < 4.78 is 11.4. The molecule has 2 atom stereocenters. The summed E-state index contributed by atoms with van der Waals surface area (Å²) >= 11 is 3.08. The van der Waals surface area contributed by atoms with E-state index in [-0.39, 0.29) is 5.91 Å². The SMILES string of the molecule is C[C@@H]1CCc2sc(-c3nnc(S[C@H](C(=O)N4CCOCC4)c4ccccc4)o3)cc2C1. The molecule has 1 amide bonds. The molecule has 6 nitrogen and oxygen atoms in total. The zero-order valence-electron chi connectivity index (χ0n) is 17.5. The van der Waals surface area contributed by atoms with Crippen LogP contribution in [0.5, 0.6) is 0 Å². The Morgan fingerprint density at radius 3 is 2.84 bits per heavy atom. The predicted octanol–water partition coefficient (Wildman–Crippen LogP) is 4.62. The normalized spacial score (nSPS) is 19.8. The van der Waals surface area contributed by atoms with Crippen LogP contribution in [0, 0.1) is 5.92 Å². The highest BCUT2D eigenvalue weighted by molar-refractivity contribution is 8.00. The van der Waals surface area contributed by atoms with Gasteiger partial charge in [0.05, 0.1) is 18.1 Å². The highest BCUT2D eigenvalue weighted by atomic mass is 32.2. The number of aromatic nitrogens is 2. The van der Waals surface area contributed by atoms with Crippen LogP contribution >= 0.6 is 23.1 Å². The van der Waals surface area contributed by atoms with Crippen molar-refractivity contribution in [2.24, 2.45) is 5.92 Å². The highest BCUT2D eigenvalue weighted by Gasteiger charge is 2.30. The van der Waals surface area contributed by atoms with Gasteiger partial charge in [-0.1, -0.05) is 37.3 Å². The van der Waals surface area contributed by atoms with Crippen molar-refractivity contribution in [1.29, 1.82) is 0 Å². The Bertz CT molecular complexity index is 1040. The maximum Gasteiger partial charge on any atom is 0.278 e. The maximum atomic E-state index is 13.3. The van der Waals surface area contributed by atoms with Crippen molar-refractivity contribution >= 4 is 29.0 Å². The van der Waals surface area contributed by atoms with Crippen molar-refractivity contribution in [2.45, 2.75) is 36.7 Å². The van der Waals surface area contributed by atoms with Gasteiger partial charge in [-0.15, -0.1) is 21.5 Å². The molecule has 3 aromatic rings. The Morgan fingerprint density at radius 2 is 2.03 bits per heavy atom. The molecular formula is C23H25N3O3S2. The van der Waals surface area contributed by atoms with Gasteiger partial charge in [0.25, 0.3) is 11.1 Å². The van der Waals surface area contributed by atoms with E-state index in [2.05, 4.69) is 23.2 Å². The number of amides is 1. The van der Waals surface area contributed by atoms with Gasteiger partial charge in [0.1, 0.15) is 5.25 Å². The summed E-state index contributed by atoms with van der Waals surface area (Å²) in [4.78, 5) is 17.6. The molecule has 0 unspecified atom stereocenters. The van der Waals surface area contributed by atoms with Gasteiger partial charge in [0, 0.05) is 18.0 Å². The summed E-state index contributed by atoms with van der Waals surface area (Å²) in [5, 5.41) is 8.56. The maximum absolute atomic E-state index is 13.3. The minimum absolute atomic E-state index is 0.0554. The minimum Gasteiger partial charge on any atom is -0.410 e. The van der Waals surface area contributed by atoms with E-state index in [4.69, 9.17) is 9.15 Å². The molecule has 31 heavy (non-hydrogen) atoms. The second kappa shape index (κ2) is 9.14. The number of ether oxygens (including phenoxy) is 1. The van der Waals surface area contributed by atoms with Gasteiger partial charge in [-0.25, -0.2) is 0 Å². The first kappa shape index (κ1) is 20.7. The van der Waals surface area contributed by atoms with Gasteiger partial charge >= 0.3 is 0 Å². The fourth-order valence-electron chi connectivity index (χ4n) is 4.11. The molecule has 1 saturated heterocycles. The lowest BCUT2D eigenvalue weighted by Crippen LogP contribution is -2.42. The van der Waals surface area contributed by atoms with Crippen LogP contribution in [0.4, 0.5) is 0 Å². The van der Waals surface area contributed by atoms with E-state index in [1.165, 1.54) is 28.6 Å². The van der Waals surface area contributed by atoms with Gasteiger partial charge in [-0.2, -0.15) is 0 Å². The molecule has 1 aliphatic heterocycles. The Morgan fingerprint density at radius 1 is 1.23 bits per heavy atom. The average molecular weight is 456 g/mol. The number of aryl methyl sites for hydroxylation is 1. The molecule has 0 N–H and O–H groups in total. The number of benzene rings is 1. The van der Waals surface area contributed by atoms with Crippen LogP contribution < -0.4 is 0 Å². The van der Waals surface area contributed by atoms with E-state index in [9.17, 15) is 4.79 Å². The van der Waals surface area contributed by atoms with Crippen molar-refractivity contribution in [3.8, 4) is 10.8 Å². The van der Waals surface area contributed by atoms with Crippen molar-refractivity contribution in [2.75, 3.05) is 26.3 Å². The van der Waals surface area contributed by atoms with Crippen LogP contribution in [0.1, 0.15) is 34.6 Å². The van der Waals surface area contributed by atoms with Gasteiger partial charge < -0.3 is 14.1 Å².